The summed E-state index contributed by atoms with van der Waals surface area (Å²) < 4.78 is 0. The highest BCUT2D eigenvalue weighted by molar-refractivity contribution is 5.78. The molecule has 0 unspecified atom stereocenters. The van der Waals surface area contributed by atoms with Gasteiger partial charge in [0.2, 0.25) is 5.91 Å². The second-order valence-electron chi connectivity index (χ2n) is 5.39. The monoisotopic (exact) mass is 225 g/mol. The van der Waals surface area contributed by atoms with E-state index in [0.29, 0.717) is 38.3 Å². The van der Waals surface area contributed by atoms with Crippen molar-refractivity contribution in [3.05, 3.63) is 0 Å². The van der Waals surface area contributed by atoms with Gasteiger partial charge < -0.3 is 10.0 Å². The lowest BCUT2D eigenvalue weighted by molar-refractivity contribution is -0.153. The molecule has 0 atom stereocenters. The van der Waals surface area contributed by atoms with Crippen molar-refractivity contribution in [2.24, 2.45) is 11.3 Å². The molecule has 1 amide bonds. The fourth-order valence-electron chi connectivity index (χ4n) is 2.16. The van der Waals surface area contributed by atoms with E-state index in [4.69, 9.17) is 5.11 Å². The fraction of sp³-hybridized carbons (Fsp3) is 0.833. The maximum Gasteiger partial charge on any atom is 0.309 e. The van der Waals surface area contributed by atoms with Crippen molar-refractivity contribution in [3.8, 4) is 0 Å². The summed E-state index contributed by atoms with van der Waals surface area (Å²) in [6.45, 7) is 2.99. The lowest BCUT2D eigenvalue weighted by Crippen LogP contribution is -2.45. The average molecular weight is 225 g/mol. The quantitative estimate of drug-likeness (QED) is 0.791. The van der Waals surface area contributed by atoms with Crippen LogP contribution < -0.4 is 0 Å². The van der Waals surface area contributed by atoms with Gasteiger partial charge in [0.15, 0.2) is 0 Å². The maximum absolute atomic E-state index is 11.8. The molecule has 0 aromatic carbocycles. The van der Waals surface area contributed by atoms with E-state index in [9.17, 15) is 9.59 Å². The van der Waals surface area contributed by atoms with Gasteiger partial charge in [0.25, 0.3) is 0 Å². The lowest BCUT2D eigenvalue weighted by atomic mass is 9.80. The molecule has 2 rings (SSSR count). The molecule has 1 aliphatic carbocycles. The van der Waals surface area contributed by atoms with E-state index in [0.717, 1.165) is 0 Å². The smallest absolute Gasteiger partial charge is 0.309 e. The van der Waals surface area contributed by atoms with E-state index in [2.05, 4.69) is 0 Å². The van der Waals surface area contributed by atoms with Crippen LogP contribution in [0.5, 0.6) is 0 Å². The number of hydrogen-bond acceptors (Lipinski definition) is 2. The minimum absolute atomic E-state index is 0.218. The van der Waals surface area contributed by atoms with Gasteiger partial charge >= 0.3 is 5.97 Å². The summed E-state index contributed by atoms with van der Waals surface area (Å²) in [5, 5.41) is 9.07. The first-order valence-corrected chi connectivity index (χ1v) is 6.02. The summed E-state index contributed by atoms with van der Waals surface area (Å²) in [5.41, 5.74) is -0.629. The largest absolute Gasteiger partial charge is 0.481 e. The van der Waals surface area contributed by atoms with E-state index in [1.54, 1.807) is 6.92 Å². The van der Waals surface area contributed by atoms with Crippen molar-refractivity contribution in [2.45, 2.75) is 39.0 Å². The number of piperidine rings is 1. The zero-order valence-corrected chi connectivity index (χ0v) is 9.74. The summed E-state index contributed by atoms with van der Waals surface area (Å²) in [4.78, 5) is 24.7. The second-order valence-corrected chi connectivity index (χ2v) is 5.39. The number of carboxylic acid groups (broad SMARTS) is 1. The molecule has 1 aliphatic heterocycles. The number of carboxylic acids is 1. The van der Waals surface area contributed by atoms with E-state index >= 15 is 0 Å². The third-order valence-corrected chi connectivity index (χ3v) is 3.90. The van der Waals surface area contributed by atoms with Crippen LogP contribution in [-0.2, 0) is 9.59 Å². The second kappa shape index (κ2) is 4.07. The normalized spacial score (nSPS) is 24.2. The number of nitrogens with zero attached hydrogens (tertiary/aromatic N) is 1. The standard InChI is InChI=1S/C12H19NO3/c1-12(11(15)16)4-6-13(7-5-12)10(14)8-9-2-3-9/h9H,2-8H2,1H3,(H,15,16). The van der Waals surface area contributed by atoms with Crippen LogP contribution in [0.25, 0.3) is 0 Å². The van der Waals surface area contributed by atoms with Gasteiger partial charge in [0.05, 0.1) is 5.41 Å². The van der Waals surface area contributed by atoms with Crippen LogP contribution in [0.15, 0.2) is 0 Å². The average Bonchev–Trinajstić information content (AvgIpc) is 3.02. The molecule has 2 aliphatic rings. The van der Waals surface area contributed by atoms with Gasteiger partial charge in [-0.15, -0.1) is 0 Å². The number of amides is 1. The maximum atomic E-state index is 11.8. The molecule has 0 aromatic rings. The first-order chi connectivity index (χ1) is 7.51. The molecule has 16 heavy (non-hydrogen) atoms. The van der Waals surface area contributed by atoms with Crippen molar-refractivity contribution in [3.63, 3.8) is 0 Å². The molecule has 1 saturated heterocycles. The Morgan fingerprint density at radius 3 is 2.31 bits per heavy atom. The molecule has 0 bridgehead atoms. The summed E-state index contributed by atoms with van der Waals surface area (Å²) in [7, 11) is 0. The highest BCUT2D eigenvalue weighted by Gasteiger charge is 2.38. The molecule has 1 N–H and O–H groups in total. The molecule has 90 valence electrons. The van der Waals surface area contributed by atoms with Crippen LogP contribution >= 0.6 is 0 Å². The highest BCUT2D eigenvalue weighted by Crippen LogP contribution is 2.35. The fourth-order valence-corrected chi connectivity index (χ4v) is 2.16. The molecular formula is C12H19NO3. The molecule has 1 heterocycles. The van der Waals surface area contributed by atoms with E-state index in [-0.39, 0.29) is 5.91 Å². The van der Waals surface area contributed by atoms with Gasteiger partial charge in [0, 0.05) is 19.5 Å². The van der Waals surface area contributed by atoms with E-state index in [1.807, 2.05) is 4.90 Å². The van der Waals surface area contributed by atoms with Gasteiger partial charge in [-0.05, 0) is 38.5 Å². The minimum Gasteiger partial charge on any atom is -0.481 e. The van der Waals surface area contributed by atoms with Gasteiger partial charge in [-0.25, -0.2) is 0 Å². The number of carbonyl (C=O) groups excluding carboxylic acids is 1. The Bertz CT molecular complexity index is 301. The third kappa shape index (κ3) is 2.36. The van der Waals surface area contributed by atoms with Crippen LogP contribution in [-0.4, -0.2) is 35.0 Å². The third-order valence-electron chi connectivity index (χ3n) is 3.90. The molecule has 0 spiro atoms. The van der Waals surface area contributed by atoms with Crippen molar-refractivity contribution in [1.29, 1.82) is 0 Å². The van der Waals surface area contributed by atoms with Crippen LogP contribution in [0.4, 0.5) is 0 Å². The summed E-state index contributed by atoms with van der Waals surface area (Å²) in [6, 6.07) is 0. The van der Waals surface area contributed by atoms with Crippen molar-refractivity contribution in [2.75, 3.05) is 13.1 Å². The Hall–Kier alpha value is -1.06. The van der Waals surface area contributed by atoms with Gasteiger partial charge in [-0.2, -0.15) is 0 Å². The number of aliphatic carboxylic acids is 1. The number of hydrogen-bond donors (Lipinski definition) is 1. The Kier molecular flexibility index (Phi) is 2.91. The Labute approximate surface area is 95.6 Å². The van der Waals surface area contributed by atoms with Crippen LogP contribution in [0.2, 0.25) is 0 Å². The number of likely N-dealkylation sites (tertiary alicyclic amines) is 1. The molecule has 1 saturated carbocycles. The topological polar surface area (TPSA) is 57.6 Å². The molecule has 4 nitrogen and oxygen atoms in total. The Balaban J connectivity index is 1.84. The Morgan fingerprint density at radius 1 is 1.31 bits per heavy atom. The van der Waals surface area contributed by atoms with Crippen molar-refractivity contribution in [1.82, 2.24) is 4.90 Å². The van der Waals surface area contributed by atoms with Gasteiger partial charge in [0.1, 0.15) is 0 Å². The number of carbonyl (C=O) groups is 2. The lowest BCUT2D eigenvalue weighted by Gasteiger charge is -2.36. The molecule has 0 radical (unpaired) electrons. The van der Waals surface area contributed by atoms with E-state index in [1.165, 1.54) is 12.8 Å². The predicted molar refractivity (Wildman–Crippen MR) is 58.9 cm³/mol. The molecule has 0 aromatic heterocycles. The Morgan fingerprint density at radius 2 is 1.88 bits per heavy atom. The summed E-state index contributed by atoms with van der Waals surface area (Å²) in [6.07, 6.45) is 4.21. The highest BCUT2D eigenvalue weighted by atomic mass is 16.4. The summed E-state index contributed by atoms with van der Waals surface area (Å²) >= 11 is 0. The first-order valence-electron chi connectivity index (χ1n) is 6.02. The zero-order chi connectivity index (χ0) is 11.8. The predicted octanol–water partition coefficient (Wildman–Crippen LogP) is 1.50. The summed E-state index contributed by atoms with van der Waals surface area (Å²) in [5.74, 6) is 0.0945. The first kappa shape index (κ1) is 11.4. The van der Waals surface area contributed by atoms with Crippen LogP contribution in [0.1, 0.15) is 39.0 Å². The van der Waals surface area contributed by atoms with Crippen LogP contribution in [0, 0.1) is 11.3 Å². The van der Waals surface area contributed by atoms with Gasteiger partial charge in [-0.3, -0.25) is 9.59 Å². The van der Waals surface area contributed by atoms with E-state index < -0.39 is 11.4 Å². The molecule has 4 heteroatoms. The van der Waals surface area contributed by atoms with Gasteiger partial charge in [-0.1, -0.05) is 0 Å². The van der Waals surface area contributed by atoms with Crippen molar-refractivity contribution < 1.29 is 14.7 Å². The zero-order valence-electron chi connectivity index (χ0n) is 9.74. The van der Waals surface area contributed by atoms with Crippen molar-refractivity contribution >= 4 is 11.9 Å². The molecule has 2 fully saturated rings. The minimum atomic E-state index is -0.734. The SMILES string of the molecule is CC1(C(=O)O)CCN(C(=O)CC2CC2)CC1. The molecular weight excluding hydrogens is 206 g/mol. The number of rotatable bonds is 3. The van der Waals surface area contributed by atoms with Crippen LogP contribution in [0.3, 0.4) is 0 Å².